The molecule has 0 spiro atoms. The molecule has 8 heteroatoms. The lowest BCUT2D eigenvalue weighted by Crippen LogP contribution is -2.14. The molecule has 114 valence electrons. The average Bonchev–Trinajstić information content (AvgIpc) is 2.85. The number of aromatic nitrogens is 1. The van der Waals surface area contributed by atoms with E-state index in [2.05, 4.69) is 41.6 Å². The Labute approximate surface area is 143 Å². The van der Waals surface area contributed by atoms with Crippen LogP contribution in [0.15, 0.2) is 56.4 Å². The number of hydrogen-bond acceptors (Lipinski definition) is 2. The third-order valence-electron chi connectivity index (χ3n) is 3.07. The fraction of sp³-hybridized carbons (Fsp3) is 0. The number of halogens is 3. The second kappa shape index (κ2) is 5.68. The highest BCUT2D eigenvalue weighted by Gasteiger charge is 2.23. The summed E-state index contributed by atoms with van der Waals surface area (Å²) in [4.78, 5) is 2.96. The number of fused-ring (bicyclic) bond motifs is 1. The van der Waals surface area contributed by atoms with Crippen LogP contribution in [0.3, 0.4) is 0 Å². The third-order valence-corrected chi connectivity index (χ3v) is 6.31. The van der Waals surface area contributed by atoms with Crippen LogP contribution in [0.4, 0.5) is 10.1 Å². The maximum Gasteiger partial charge on any atom is 0.264 e. The van der Waals surface area contributed by atoms with Crippen molar-refractivity contribution in [1.82, 2.24) is 4.98 Å². The monoisotopic (exact) mass is 446 g/mol. The van der Waals surface area contributed by atoms with E-state index in [0.717, 1.165) is 23.0 Å². The van der Waals surface area contributed by atoms with E-state index < -0.39 is 15.8 Å². The Kier molecular flexibility index (Phi) is 4.00. The highest BCUT2D eigenvalue weighted by molar-refractivity contribution is 9.11. The Morgan fingerprint density at radius 2 is 1.77 bits per heavy atom. The molecule has 1 heterocycles. The fourth-order valence-electron chi connectivity index (χ4n) is 2.16. The van der Waals surface area contributed by atoms with Gasteiger partial charge in [0.05, 0.1) is 5.69 Å². The molecule has 0 saturated heterocycles. The number of H-pyrrole nitrogens is 1. The van der Waals surface area contributed by atoms with Gasteiger partial charge in [0.15, 0.2) is 0 Å². The number of hydrogen-bond donors (Lipinski definition) is 2. The van der Waals surface area contributed by atoms with Crippen molar-refractivity contribution >= 4 is 58.5 Å². The largest absolute Gasteiger partial charge is 0.361 e. The summed E-state index contributed by atoms with van der Waals surface area (Å²) in [5, 5.41) is 0.750. The second-order valence-electron chi connectivity index (χ2n) is 4.55. The Morgan fingerprint density at radius 1 is 1.09 bits per heavy atom. The quantitative estimate of drug-likeness (QED) is 0.614. The molecular weight excluding hydrogens is 439 g/mol. The number of anilines is 1. The lowest BCUT2D eigenvalue weighted by atomic mass is 10.2. The van der Waals surface area contributed by atoms with Gasteiger partial charge in [-0.05, 0) is 62.2 Å². The molecule has 0 amide bonds. The Balaban J connectivity index is 2.10. The van der Waals surface area contributed by atoms with Crippen LogP contribution in [0, 0.1) is 5.82 Å². The van der Waals surface area contributed by atoms with Crippen LogP contribution in [0.5, 0.6) is 0 Å². The Hall–Kier alpha value is -1.38. The van der Waals surface area contributed by atoms with E-state index in [1.807, 2.05) is 6.07 Å². The van der Waals surface area contributed by atoms with E-state index in [4.69, 9.17) is 0 Å². The van der Waals surface area contributed by atoms with Gasteiger partial charge in [0.2, 0.25) is 0 Å². The van der Waals surface area contributed by atoms with E-state index in [1.165, 1.54) is 0 Å². The van der Waals surface area contributed by atoms with Gasteiger partial charge < -0.3 is 4.98 Å². The van der Waals surface area contributed by atoms with Gasteiger partial charge in [-0.25, -0.2) is 12.8 Å². The van der Waals surface area contributed by atoms with E-state index >= 15 is 0 Å². The minimum Gasteiger partial charge on any atom is -0.361 e. The van der Waals surface area contributed by atoms with Gasteiger partial charge in [-0.1, -0.05) is 6.07 Å². The average molecular weight is 448 g/mol. The number of benzene rings is 2. The zero-order valence-corrected chi connectivity index (χ0v) is 14.9. The van der Waals surface area contributed by atoms with Crippen LogP contribution in [-0.4, -0.2) is 13.4 Å². The first-order valence-electron chi connectivity index (χ1n) is 6.12. The standard InChI is InChI=1S/C14H9Br2FN2O2S/c15-10-6-8(17)7-11(16)14(10)22(20,21)19-13-3-1-2-12-9(13)4-5-18-12/h1-7,18-19H. The van der Waals surface area contributed by atoms with Crippen molar-refractivity contribution in [2.24, 2.45) is 0 Å². The molecule has 3 rings (SSSR count). The highest BCUT2D eigenvalue weighted by Crippen LogP contribution is 2.33. The van der Waals surface area contributed by atoms with Crippen molar-refractivity contribution in [1.29, 1.82) is 0 Å². The molecule has 3 aromatic rings. The lowest BCUT2D eigenvalue weighted by molar-refractivity contribution is 0.598. The number of nitrogens with one attached hydrogen (secondary N) is 2. The first-order chi connectivity index (χ1) is 10.4. The molecule has 0 saturated carbocycles. The van der Waals surface area contributed by atoms with Crippen molar-refractivity contribution in [2.45, 2.75) is 4.90 Å². The molecule has 0 bridgehead atoms. The first kappa shape index (κ1) is 15.5. The predicted octanol–water partition coefficient (Wildman–Crippen LogP) is 4.63. The molecule has 2 N–H and O–H groups in total. The molecule has 0 radical (unpaired) electrons. The lowest BCUT2D eigenvalue weighted by Gasteiger charge is -2.12. The fourth-order valence-corrected chi connectivity index (χ4v) is 5.77. The molecule has 0 fully saturated rings. The maximum absolute atomic E-state index is 13.3. The minimum absolute atomic E-state index is 0.0542. The molecule has 0 unspecified atom stereocenters. The van der Waals surface area contributed by atoms with Crippen molar-refractivity contribution in [3.8, 4) is 0 Å². The molecule has 0 aliphatic rings. The van der Waals surface area contributed by atoms with Gasteiger partial charge in [-0.2, -0.15) is 0 Å². The van der Waals surface area contributed by atoms with Gasteiger partial charge >= 0.3 is 0 Å². The van der Waals surface area contributed by atoms with Crippen LogP contribution in [-0.2, 0) is 10.0 Å². The molecule has 0 aliphatic heterocycles. The van der Waals surface area contributed by atoms with Gasteiger partial charge in [-0.3, -0.25) is 4.72 Å². The normalized spacial score (nSPS) is 11.8. The summed E-state index contributed by atoms with van der Waals surface area (Å²) in [6, 6.07) is 9.25. The van der Waals surface area contributed by atoms with Crippen molar-refractivity contribution in [2.75, 3.05) is 4.72 Å². The van der Waals surface area contributed by atoms with Gasteiger partial charge in [0.25, 0.3) is 10.0 Å². The molecule has 0 aliphatic carbocycles. The summed E-state index contributed by atoms with van der Waals surface area (Å²) in [6.07, 6.45) is 1.73. The van der Waals surface area contributed by atoms with E-state index in [1.54, 1.807) is 24.4 Å². The van der Waals surface area contributed by atoms with Crippen LogP contribution < -0.4 is 4.72 Å². The zero-order valence-electron chi connectivity index (χ0n) is 10.9. The first-order valence-corrected chi connectivity index (χ1v) is 9.19. The Bertz CT molecular complexity index is 947. The number of rotatable bonds is 3. The van der Waals surface area contributed by atoms with Crippen LogP contribution in [0.25, 0.3) is 10.9 Å². The summed E-state index contributed by atoms with van der Waals surface area (Å²) >= 11 is 6.19. The molecular formula is C14H9Br2FN2O2S. The van der Waals surface area contributed by atoms with Crippen molar-refractivity contribution in [3.05, 3.63) is 57.4 Å². The third kappa shape index (κ3) is 2.78. The van der Waals surface area contributed by atoms with E-state index in [0.29, 0.717) is 5.69 Å². The SMILES string of the molecule is O=S(=O)(Nc1cccc2[nH]ccc12)c1c(Br)cc(F)cc1Br. The highest BCUT2D eigenvalue weighted by atomic mass is 79.9. The molecule has 22 heavy (non-hydrogen) atoms. The topological polar surface area (TPSA) is 62.0 Å². The predicted molar refractivity (Wildman–Crippen MR) is 90.9 cm³/mol. The van der Waals surface area contributed by atoms with E-state index in [9.17, 15) is 12.8 Å². The Morgan fingerprint density at radius 3 is 2.45 bits per heavy atom. The van der Waals surface area contributed by atoms with Crippen LogP contribution in [0.1, 0.15) is 0 Å². The van der Waals surface area contributed by atoms with Gasteiger partial charge in [0, 0.05) is 26.0 Å². The molecule has 0 atom stereocenters. The minimum atomic E-state index is -3.89. The smallest absolute Gasteiger partial charge is 0.264 e. The summed E-state index contributed by atoms with van der Waals surface area (Å²) in [7, 11) is -3.89. The van der Waals surface area contributed by atoms with Crippen molar-refractivity contribution < 1.29 is 12.8 Å². The number of aromatic amines is 1. The van der Waals surface area contributed by atoms with Crippen LogP contribution in [0.2, 0.25) is 0 Å². The maximum atomic E-state index is 13.3. The van der Waals surface area contributed by atoms with Gasteiger partial charge in [0.1, 0.15) is 10.7 Å². The van der Waals surface area contributed by atoms with Crippen molar-refractivity contribution in [3.63, 3.8) is 0 Å². The molecule has 1 aromatic heterocycles. The van der Waals surface area contributed by atoms with Gasteiger partial charge in [-0.15, -0.1) is 0 Å². The summed E-state index contributed by atoms with van der Waals surface area (Å²) in [5.74, 6) is -0.537. The zero-order chi connectivity index (χ0) is 15.9. The van der Waals surface area contributed by atoms with E-state index in [-0.39, 0.29) is 13.8 Å². The summed E-state index contributed by atoms with van der Waals surface area (Å²) in [6.45, 7) is 0. The summed E-state index contributed by atoms with van der Waals surface area (Å²) in [5.41, 5.74) is 1.26. The number of sulfonamides is 1. The van der Waals surface area contributed by atoms with Crippen LogP contribution >= 0.6 is 31.9 Å². The summed E-state index contributed by atoms with van der Waals surface area (Å²) < 4.78 is 41.4. The molecule has 2 aromatic carbocycles. The molecule has 4 nitrogen and oxygen atoms in total. The second-order valence-corrected chi connectivity index (χ2v) is 7.88.